The van der Waals surface area contributed by atoms with E-state index in [2.05, 4.69) is 11.2 Å². The fourth-order valence-electron chi connectivity index (χ4n) is 2.35. The van der Waals surface area contributed by atoms with E-state index in [9.17, 15) is 4.79 Å². The van der Waals surface area contributed by atoms with Crippen molar-refractivity contribution in [3.8, 4) is 6.07 Å². The molecule has 5 nitrogen and oxygen atoms in total. The highest BCUT2D eigenvalue weighted by Gasteiger charge is 2.31. The summed E-state index contributed by atoms with van der Waals surface area (Å²) in [7, 11) is 0. The number of carbonyl (C=O) groups is 1. The summed E-state index contributed by atoms with van der Waals surface area (Å²) >= 11 is 0. The number of carbonyl (C=O) groups excluding carboxylic acids is 1. The maximum atomic E-state index is 12.4. The third kappa shape index (κ3) is 2.10. The summed E-state index contributed by atoms with van der Waals surface area (Å²) in [4.78, 5) is 14.1. The van der Waals surface area contributed by atoms with Crippen LogP contribution in [0.5, 0.6) is 0 Å². The number of aromatic nitrogens is 2. The van der Waals surface area contributed by atoms with Crippen LogP contribution in [0, 0.1) is 11.3 Å². The summed E-state index contributed by atoms with van der Waals surface area (Å²) in [5, 5.41) is 13.4. The smallest absolute Gasteiger partial charge is 0.273 e. The molecule has 18 heavy (non-hydrogen) atoms. The molecular weight excluding hydrogens is 228 g/mol. The Morgan fingerprint density at radius 2 is 2.39 bits per heavy atom. The molecule has 1 aliphatic rings. The van der Waals surface area contributed by atoms with E-state index >= 15 is 0 Å². The Bertz CT molecular complexity index is 486. The molecule has 1 fully saturated rings. The van der Waals surface area contributed by atoms with Gasteiger partial charge in [-0.2, -0.15) is 10.4 Å². The molecule has 0 spiro atoms. The highest BCUT2D eigenvalue weighted by atomic mass is 16.2. The van der Waals surface area contributed by atoms with Crippen LogP contribution in [0.15, 0.2) is 6.07 Å². The number of nitrogens with zero attached hydrogens (tertiary/aromatic N) is 4. The van der Waals surface area contributed by atoms with Gasteiger partial charge in [-0.15, -0.1) is 0 Å². The molecule has 1 aromatic heterocycles. The molecule has 0 aromatic carbocycles. The zero-order valence-electron chi connectivity index (χ0n) is 10.9. The van der Waals surface area contributed by atoms with Crippen LogP contribution in [-0.4, -0.2) is 33.2 Å². The average Bonchev–Trinajstić information content (AvgIpc) is 3.03. The van der Waals surface area contributed by atoms with Crippen molar-refractivity contribution in [1.29, 1.82) is 5.26 Å². The van der Waals surface area contributed by atoms with E-state index in [1.807, 2.05) is 19.9 Å². The molecule has 1 unspecified atom stereocenters. The molecule has 0 aliphatic carbocycles. The number of amides is 1. The van der Waals surface area contributed by atoms with Crippen molar-refractivity contribution >= 4 is 5.91 Å². The highest BCUT2D eigenvalue weighted by Crippen LogP contribution is 2.20. The SMILES string of the molecule is CCc1cc(C(=O)N2CCCC2C#N)n(CC)n1. The first-order chi connectivity index (χ1) is 8.71. The average molecular weight is 246 g/mol. The third-order valence-electron chi connectivity index (χ3n) is 3.37. The molecule has 5 heteroatoms. The minimum absolute atomic E-state index is 0.0619. The lowest BCUT2D eigenvalue weighted by atomic mass is 10.2. The first kappa shape index (κ1) is 12.6. The molecule has 1 aliphatic heterocycles. The van der Waals surface area contributed by atoms with Crippen LogP contribution in [0.1, 0.15) is 42.9 Å². The monoisotopic (exact) mass is 246 g/mol. The minimum Gasteiger partial charge on any atom is -0.321 e. The summed E-state index contributed by atoms with van der Waals surface area (Å²) in [5.41, 5.74) is 1.53. The lowest BCUT2D eigenvalue weighted by Gasteiger charge is -2.19. The molecule has 1 atom stereocenters. The fourth-order valence-corrected chi connectivity index (χ4v) is 2.35. The molecule has 96 valence electrons. The summed E-state index contributed by atoms with van der Waals surface area (Å²) in [5.74, 6) is -0.0619. The Balaban J connectivity index is 2.28. The number of aryl methyl sites for hydroxylation is 2. The quantitative estimate of drug-likeness (QED) is 0.813. The second-order valence-electron chi connectivity index (χ2n) is 4.48. The van der Waals surface area contributed by atoms with E-state index in [4.69, 9.17) is 5.26 Å². The number of nitriles is 1. The van der Waals surface area contributed by atoms with Gasteiger partial charge < -0.3 is 4.90 Å². The lowest BCUT2D eigenvalue weighted by molar-refractivity contribution is 0.0752. The molecule has 0 radical (unpaired) electrons. The Hall–Kier alpha value is -1.83. The zero-order valence-corrected chi connectivity index (χ0v) is 10.9. The van der Waals surface area contributed by atoms with E-state index < -0.39 is 0 Å². The van der Waals surface area contributed by atoms with Crippen LogP contribution in [0.4, 0.5) is 0 Å². The van der Waals surface area contributed by atoms with Crippen LogP contribution >= 0.6 is 0 Å². The lowest BCUT2D eigenvalue weighted by Crippen LogP contribution is -2.35. The van der Waals surface area contributed by atoms with Crippen molar-refractivity contribution in [2.24, 2.45) is 0 Å². The Morgan fingerprint density at radius 3 is 3.00 bits per heavy atom. The van der Waals surface area contributed by atoms with Crippen LogP contribution in [0.2, 0.25) is 0 Å². The second-order valence-corrected chi connectivity index (χ2v) is 4.48. The summed E-state index contributed by atoms with van der Waals surface area (Å²) in [6.45, 7) is 5.33. The molecule has 0 N–H and O–H groups in total. The van der Waals surface area contributed by atoms with Gasteiger partial charge in [0.25, 0.3) is 5.91 Å². The van der Waals surface area contributed by atoms with E-state index in [-0.39, 0.29) is 11.9 Å². The van der Waals surface area contributed by atoms with Crippen LogP contribution < -0.4 is 0 Å². The number of likely N-dealkylation sites (tertiary alicyclic amines) is 1. The molecule has 1 amide bonds. The van der Waals surface area contributed by atoms with E-state index in [0.717, 1.165) is 25.0 Å². The van der Waals surface area contributed by atoms with Crippen molar-refractivity contribution < 1.29 is 4.79 Å². The van der Waals surface area contributed by atoms with E-state index in [1.54, 1.807) is 9.58 Å². The molecule has 0 saturated carbocycles. The Kier molecular flexibility index (Phi) is 3.66. The van der Waals surface area contributed by atoms with E-state index in [0.29, 0.717) is 18.8 Å². The van der Waals surface area contributed by atoms with Gasteiger partial charge >= 0.3 is 0 Å². The molecule has 1 aromatic rings. The van der Waals surface area contributed by atoms with Gasteiger partial charge in [0.2, 0.25) is 0 Å². The van der Waals surface area contributed by atoms with Crippen LogP contribution in [-0.2, 0) is 13.0 Å². The van der Waals surface area contributed by atoms with Crippen molar-refractivity contribution in [1.82, 2.24) is 14.7 Å². The summed E-state index contributed by atoms with van der Waals surface area (Å²) < 4.78 is 1.73. The van der Waals surface area contributed by atoms with Gasteiger partial charge in [-0.05, 0) is 32.3 Å². The first-order valence-electron chi connectivity index (χ1n) is 6.48. The summed E-state index contributed by atoms with van der Waals surface area (Å²) in [6.07, 6.45) is 2.50. The van der Waals surface area contributed by atoms with Gasteiger partial charge in [0.1, 0.15) is 11.7 Å². The predicted octanol–water partition coefficient (Wildman–Crippen LogP) is 1.59. The van der Waals surface area contributed by atoms with Gasteiger partial charge in [0.15, 0.2) is 0 Å². The first-order valence-corrected chi connectivity index (χ1v) is 6.48. The maximum Gasteiger partial charge on any atom is 0.273 e. The van der Waals surface area contributed by atoms with Crippen molar-refractivity contribution in [2.45, 2.75) is 45.7 Å². The number of rotatable bonds is 3. The predicted molar refractivity (Wildman–Crippen MR) is 67.0 cm³/mol. The fraction of sp³-hybridized carbons (Fsp3) is 0.615. The third-order valence-corrected chi connectivity index (χ3v) is 3.37. The van der Waals surface area contributed by atoms with Gasteiger partial charge in [0, 0.05) is 13.1 Å². The van der Waals surface area contributed by atoms with Gasteiger partial charge in [-0.3, -0.25) is 9.48 Å². The molecule has 1 saturated heterocycles. The van der Waals surface area contributed by atoms with Crippen molar-refractivity contribution in [3.63, 3.8) is 0 Å². The highest BCUT2D eigenvalue weighted by molar-refractivity contribution is 5.93. The summed E-state index contributed by atoms with van der Waals surface area (Å²) in [6, 6.07) is 3.77. The molecule has 2 heterocycles. The number of hydrogen-bond donors (Lipinski definition) is 0. The van der Waals surface area contributed by atoms with Gasteiger partial charge in [-0.25, -0.2) is 0 Å². The minimum atomic E-state index is -0.275. The zero-order chi connectivity index (χ0) is 13.1. The van der Waals surface area contributed by atoms with Crippen molar-refractivity contribution in [3.05, 3.63) is 17.5 Å². The standard InChI is InChI=1S/C13H18N4O/c1-3-10-8-12(17(4-2)15-10)13(18)16-7-5-6-11(16)9-14/h8,11H,3-7H2,1-2H3. The Labute approximate surface area is 107 Å². The van der Waals surface area contributed by atoms with Gasteiger partial charge in [-0.1, -0.05) is 6.92 Å². The molecule has 0 bridgehead atoms. The van der Waals surface area contributed by atoms with Gasteiger partial charge in [0.05, 0.1) is 11.8 Å². The molecular formula is C13H18N4O. The number of hydrogen-bond acceptors (Lipinski definition) is 3. The topological polar surface area (TPSA) is 61.9 Å². The molecule has 2 rings (SSSR count). The van der Waals surface area contributed by atoms with Crippen LogP contribution in [0.25, 0.3) is 0 Å². The van der Waals surface area contributed by atoms with Crippen LogP contribution in [0.3, 0.4) is 0 Å². The normalized spacial score (nSPS) is 18.9. The largest absolute Gasteiger partial charge is 0.321 e. The second kappa shape index (κ2) is 5.21. The maximum absolute atomic E-state index is 12.4. The van der Waals surface area contributed by atoms with E-state index in [1.165, 1.54) is 0 Å². The van der Waals surface area contributed by atoms with Crippen molar-refractivity contribution in [2.75, 3.05) is 6.54 Å². The Morgan fingerprint density at radius 1 is 1.61 bits per heavy atom.